The molecule has 0 bridgehead atoms. The maximum atomic E-state index is 8.99. The molecule has 5 heteroatoms. The van der Waals surface area contributed by atoms with Crippen LogP contribution >= 0.6 is 0 Å². The predicted molar refractivity (Wildman–Crippen MR) is 69.3 cm³/mol. The molecule has 0 aliphatic heterocycles. The molecular formula is C14H10N4O. The van der Waals surface area contributed by atoms with E-state index in [1.807, 2.05) is 12.1 Å². The minimum atomic E-state index is 0.207. The van der Waals surface area contributed by atoms with Crippen LogP contribution in [0, 0.1) is 29.6 Å². The normalized spacial score (nSPS) is 9.42. The summed E-state index contributed by atoms with van der Waals surface area (Å²) in [4.78, 5) is 4.16. The first-order valence-electron chi connectivity index (χ1n) is 5.49. The largest absolute Gasteiger partial charge is 0.436 e. The molecule has 0 atom stereocenters. The Hall–Kier alpha value is -3.05. The van der Waals surface area contributed by atoms with Crippen LogP contribution in [0.2, 0.25) is 0 Å². The molecule has 2 aromatic rings. The SMILES string of the molecule is Cc1ccc(C#N)c(Oc2ccc(C#N)cc2N)n1. The smallest absolute Gasteiger partial charge is 0.237 e. The minimum Gasteiger partial charge on any atom is -0.436 e. The molecule has 1 aromatic carbocycles. The second-order valence-corrected chi connectivity index (χ2v) is 3.88. The number of nitrogens with two attached hydrogens (primary N) is 1. The molecule has 0 saturated heterocycles. The van der Waals surface area contributed by atoms with Crippen molar-refractivity contribution in [1.29, 1.82) is 10.5 Å². The number of ether oxygens (including phenoxy) is 1. The van der Waals surface area contributed by atoms with Gasteiger partial charge in [0.15, 0.2) is 5.75 Å². The van der Waals surface area contributed by atoms with Gasteiger partial charge in [0.05, 0.1) is 17.3 Å². The van der Waals surface area contributed by atoms with Crippen LogP contribution in [0.5, 0.6) is 11.6 Å². The van der Waals surface area contributed by atoms with Crippen molar-refractivity contribution >= 4 is 5.69 Å². The number of rotatable bonds is 2. The molecule has 19 heavy (non-hydrogen) atoms. The van der Waals surface area contributed by atoms with E-state index >= 15 is 0 Å². The highest BCUT2D eigenvalue weighted by Gasteiger charge is 2.09. The molecule has 1 heterocycles. The highest BCUT2D eigenvalue weighted by Crippen LogP contribution is 2.29. The molecule has 0 unspecified atom stereocenters. The van der Waals surface area contributed by atoms with E-state index in [0.717, 1.165) is 5.69 Å². The Kier molecular flexibility index (Phi) is 3.31. The van der Waals surface area contributed by atoms with Crippen LogP contribution in [-0.2, 0) is 0 Å². The number of nitrogen functional groups attached to an aromatic ring is 1. The first-order chi connectivity index (χ1) is 9.13. The highest BCUT2D eigenvalue weighted by atomic mass is 16.5. The first kappa shape index (κ1) is 12.4. The predicted octanol–water partition coefficient (Wildman–Crippen LogP) is 2.51. The Balaban J connectivity index is 2.40. The second kappa shape index (κ2) is 5.07. The van der Waals surface area contributed by atoms with E-state index in [1.165, 1.54) is 6.07 Å². The zero-order chi connectivity index (χ0) is 13.8. The van der Waals surface area contributed by atoms with Gasteiger partial charge < -0.3 is 10.5 Å². The Morgan fingerprint density at radius 1 is 1.16 bits per heavy atom. The van der Waals surface area contributed by atoms with Crippen LogP contribution < -0.4 is 10.5 Å². The van der Waals surface area contributed by atoms with E-state index in [2.05, 4.69) is 4.98 Å². The molecule has 0 aliphatic carbocycles. The number of aryl methyl sites for hydroxylation is 1. The van der Waals surface area contributed by atoms with Gasteiger partial charge in [-0.2, -0.15) is 10.5 Å². The molecule has 0 aliphatic rings. The summed E-state index contributed by atoms with van der Waals surface area (Å²) < 4.78 is 5.54. The van der Waals surface area contributed by atoms with E-state index in [0.29, 0.717) is 22.6 Å². The fourth-order valence-electron chi connectivity index (χ4n) is 1.51. The van der Waals surface area contributed by atoms with Crippen molar-refractivity contribution < 1.29 is 4.74 Å². The van der Waals surface area contributed by atoms with Crippen LogP contribution in [0.1, 0.15) is 16.8 Å². The molecular weight excluding hydrogens is 240 g/mol. The van der Waals surface area contributed by atoms with Gasteiger partial charge in [-0.3, -0.25) is 0 Å². The van der Waals surface area contributed by atoms with E-state index in [9.17, 15) is 0 Å². The third kappa shape index (κ3) is 2.62. The first-order valence-corrected chi connectivity index (χ1v) is 5.49. The van der Waals surface area contributed by atoms with E-state index < -0.39 is 0 Å². The summed E-state index contributed by atoms with van der Waals surface area (Å²) in [6.45, 7) is 1.80. The number of aromatic nitrogens is 1. The van der Waals surface area contributed by atoms with Gasteiger partial charge in [0.1, 0.15) is 11.6 Å². The van der Waals surface area contributed by atoms with Crippen molar-refractivity contribution in [3.63, 3.8) is 0 Å². The summed E-state index contributed by atoms with van der Waals surface area (Å²) >= 11 is 0. The van der Waals surface area contributed by atoms with E-state index in [-0.39, 0.29) is 5.88 Å². The summed E-state index contributed by atoms with van der Waals surface area (Å²) in [5.74, 6) is 0.576. The van der Waals surface area contributed by atoms with Crippen LogP contribution in [-0.4, -0.2) is 4.98 Å². The summed E-state index contributed by atoms with van der Waals surface area (Å²) in [6, 6.07) is 12.0. The van der Waals surface area contributed by atoms with Gasteiger partial charge in [-0.15, -0.1) is 0 Å². The van der Waals surface area contributed by atoms with Crippen molar-refractivity contribution in [2.24, 2.45) is 0 Å². The van der Waals surface area contributed by atoms with E-state index in [4.69, 9.17) is 21.0 Å². The molecule has 92 valence electrons. The molecule has 0 spiro atoms. The molecule has 1 aromatic heterocycles. The molecule has 0 saturated carbocycles. The fourth-order valence-corrected chi connectivity index (χ4v) is 1.51. The number of anilines is 1. The van der Waals surface area contributed by atoms with Gasteiger partial charge in [0, 0.05) is 5.69 Å². The molecule has 2 N–H and O–H groups in total. The van der Waals surface area contributed by atoms with Crippen molar-refractivity contribution in [3.05, 3.63) is 47.2 Å². The Labute approximate surface area is 110 Å². The summed E-state index contributed by atoms with van der Waals surface area (Å²) in [5, 5.41) is 17.8. The van der Waals surface area contributed by atoms with Crippen molar-refractivity contribution in [2.45, 2.75) is 6.92 Å². The Morgan fingerprint density at radius 3 is 2.58 bits per heavy atom. The van der Waals surface area contributed by atoms with Crippen LogP contribution in [0.15, 0.2) is 30.3 Å². The zero-order valence-corrected chi connectivity index (χ0v) is 10.2. The minimum absolute atomic E-state index is 0.207. The number of nitriles is 2. The number of nitrogens with zero attached hydrogens (tertiary/aromatic N) is 3. The van der Waals surface area contributed by atoms with Crippen LogP contribution in [0.25, 0.3) is 0 Å². The lowest BCUT2D eigenvalue weighted by Gasteiger charge is -2.09. The van der Waals surface area contributed by atoms with E-state index in [1.54, 1.807) is 31.2 Å². The molecule has 5 nitrogen and oxygen atoms in total. The summed E-state index contributed by atoms with van der Waals surface area (Å²) in [7, 11) is 0. The lowest BCUT2D eigenvalue weighted by atomic mass is 10.2. The topological polar surface area (TPSA) is 95.7 Å². The van der Waals surface area contributed by atoms with Crippen LogP contribution in [0.4, 0.5) is 5.69 Å². The van der Waals surface area contributed by atoms with Crippen molar-refractivity contribution in [2.75, 3.05) is 5.73 Å². The van der Waals surface area contributed by atoms with Gasteiger partial charge >= 0.3 is 0 Å². The average Bonchev–Trinajstić information content (AvgIpc) is 2.41. The van der Waals surface area contributed by atoms with Crippen molar-refractivity contribution in [3.8, 4) is 23.8 Å². The molecule has 0 radical (unpaired) electrons. The lowest BCUT2D eigenvalue weighted by molar-refractivity contribution is 0.462. The van der Waals surface area contributed by atoms with Crippen molar-refractivity contribution in [1.82, 2.24) is 4.98 Å². The lowest BCUT2D eigenvalue weighted by Crippen LogP contribution is -1.97. The summed E-state index contributed by atoms with van der Waals surface area (Å²) in [5.41, 5.74) is 7.62. The van der Waals surface area contributed by atoms with Gasteiger partial charge in [0.25, 0.3) is 0 Å². The number of benzene rings is 1. The van der Waals surface area contributed by atoms with Gasteiger partial charge in [-0.1, -0.05) is 0 Å². The Bertz CT molecular complexity index is 710. The standard InChI is InChI=1S/C14H10N4O/c1-9-2-4-11(8-16)14(18-9)19-13-5-3-10(7-15)6-12(13)17/h2-6H,17H2,1H3. The maximum absolute atomic E-state index is 8.99. The number of pyridine rings is 1. The quantitative estimate of drug-likeness (QED) is 0.826. The van der Waals surface area contributed by atoms with Crippen LogP contribution in [0.3, 0.4) is 0 Å². The van der Waals surface area contributed by atoms with Gasteiger partial charge in [-0.05, 0) is 37.3 Å². The average molecular weight is 250 g/mol. The van der Waals surface area contributed by atoms with Gasteiger partial charge in [0.2, 0.25) is 5.88 Å². The third-order valence-electron chi connectivity index (χ3n) is 2.47. The zero-order valence-electron chi connectivity index (χ0n) is 10.2. The third-order valence-corrected chi connectivity index (χ3v) is 2.47. The Morgan fingerprint density at radius 2 is 1.95 bits per heavy atom. The van der Waals surface area contributed by atoms with Gasteiger partial charge in [-0.25, -0.2) is 4.98 Å². The second-order valence-electron chi connectivity index (χ2n) is 3.88. The highest BCUT2D eigenvalue weighted by molar-refractivity contribution is 5.58. The maximum Gasteiger partial charge on any atom is 0.237 e. The fraction of sp³-hybridized carbons (Fsp3) is 0.0714. The monoisotopic (exact) mass is 250 g/mol. The summed E-state index contributed by atoms with van der Waals surface area (Å²) in [6.07, 6.45) is 0. The molecule has 0 fully saturated rings. The molecule has 0 amide bonds. The molecule has 2 rings (SSSR count). The number of hydrogen-bond acceptors (Lipinski definition) is 5. The number of hydrogen-bond donors (Lipinski definition) is 1.